The number of anilines is 2. The number of methoxy groups -OCH3 is 1. The van der Waals surface area contributed by atoms with Crippen molar-refractivity contribution in [3.63, 3.8) is 0 Å². The zero-order chi connectivity index (χ0) is 16.7. The van der Waals surface area contributed by atoms with Crippen molar-refractivity contribution in [1.82, 2.24) is 10.3 Å². The number of pyridine rings is 1. The number of carbonyl (C=O) groups excluding carboxylic acids is 1. The molecule has 1 N–H and O–H groups in total. The van der Waals surface area contributed by atoms with Gasteiger partial charge in [0.1, 0.15) is 5.69 Å². The van der Waals surface area contributed by atoms with Crippen LogP contribution in [0.25, 0.3) is 0 Å². The lowest BCUT2D eigenvalue weighted by Crippen LogP contribution is -2.27. The Kier molecular flexibility index (Phi) is 6.11. The number of carbonyl (C=O) groups is 1. The summed E-state index contributed by atoms with van der Waals surface area (Å²) in [5.74, 6) is -0.188. The minimum absolute atomic E-state index is 0.188. The number of aromatic nitrogens is 1. The third-order valence-electron chi connectivity index (χ3n) is 3.51. The zero-order valence-electron chi connectivity index (χ0n) is 13.9. The van der Waals surface area contributed by atoms with Gasteiger partial charge in [-0.1, -0.05) is 12.1 Å². The molecule has 0 radical (unpaired) electrons. The number of rotatable bonds is 7. The fourth-order valence-electron chi connectivity index (χ4n) is 2.35. The van der Waals surface area contributed by atoms with Gasteiger partial charge in [0, 0.05) is 25.9 Å². The number of ether oxygens (including phenoxy) is 1. The molecule has 0 fully saturated rings. The van der Waals surface area contributed by atoms with Crippen LogP contribution in [0.2, 0.25) is 0 Å². The van der Waals surface area contributed by atoms with Crippen molar-refractivity contribution in [1.29, 1.82) is 0 Å². The third-order valence-corrected chi connectivity index (χ3v) is 3.51. The van der Waals surface area contributed by atoms with E-state index in [1.807, 2.05) is 12.1 Å². The van der Waals surface area contributed by atoms with Crippen LogP contribution in [0.1, 0.15) is 23.0 Å². The summed E-state index contributed by atoms with van der Waals surface area (Å²) >= 11 is 0. The van der Waals surface area contributed by atoms with E-state index in [0.717, 1.165) is 17.9 Å². The van der Waals surface area contributed by atoms with Crippen LogP contribution in [0.4, 0.5) is 11.4 Å². The molecular formula is C18H23N3O2. The number of benzene rings is 1. The van der Waals surface area contributed by atoms with Gasteiger partial charge in [-0.15, -0.1) is 0 Å². The first-order chi connectivity index (χ1) is 11.2. The van der Waals surface area contributed by atoms with Crippen LogP contribution < -0.4 is 10.2 Å². The molecular weight excluding hydrogens is 290 g/mol. The molecule has 23 heavy (non-hydrogen) atoms. The van der Waals surface area contributed by atoms with Gasteiger partial charge in [-0.25, -0.2) is 4.98 Å². The molecule has 0 saturated carbocycles. The highest BCUT2D eigenvalue weighted by atomic mass is 16.5. The molecule has 5 nitrogen and oxygen atoms in total. The molecule has 2 aromatic rings. The predicted molar refractivity (Wildman–Crippen MR) is 92.3 cm³/mol. The number of hydrogen-bond acceptors (Lipinski definition) is 4. The van der Waals surface area contributed by atoms with Crippen LogP contribution in [-0.2, 0) is 4.74 Å². The number of nitrogens with one attached hydrogen (secondary N) is 1. The van der Waals surface area contributed by atoms with Gasteiger partial charge in [0.15, 0.2) is 0 Å². The van der Waals surface area contributed by atoms with Gasteiger partial charge in [0.2, 0.25) is 0 Å². The van der Waals surface area contributed by atoms with Crippen molar-refractivity contribution >= 4 is 17.3 Å². The Morgan fingerprint density at radius 3 is 2.70 bits per heavy atom. The highest BCUT2D eigenvalue weighted by Gasteiger charge is 2.10. The minimum atomic E-state index is -0.188. The van der Waals surface area contributed by atoms with E-state index in [2.05, 4.69) is 47.2 Å². The van der Waals surface area contributed by atoms with Crippen molar-refractivity contribution in [2.75, 3.05) is 31.7 Å². The summed E-state index contributed by atoms with van der Waals surface area (Å²) < 4.78 is 4.91. The maximum absolute atomic E-state index is 11.9. The van der Waals surface area contributed by atoms with Crippen LogP contribution >= 0.6 is 0 Å². The molecule has 5 heteroatoms. The van der Waals surface area contributed by atoms with E-state index < -0.39 is 0 Å². The summed E-state index contributed by atoms with van der Waals surface area (Å²) in [7, 11) is 1.60. The SMILES string of the molecule is CCN(c1ccc(C(=O)NCCOC)nc1)c1cccc(C)c1. The second-order valence-corrected chi connectivity index (χ2v) is 5.23. The molecule has 2 rings (SSSR count). The molecule has 1 amide bonds. The summed E-state index contributed by atoms with van der Waals surface area (Å²) in [6.45, 7) is 5.95. The van der Waals surface area contributed by atoms with Gasteiger partial charge in [-0.2, -0.15) is 0 Å². The summed E-state index contributed by atoms with van der Waals surface area (Å²) in [5.41, 5.74) is 3.70. The summed E-state index contributed by atoms with van der Waals surface area (Å²) in [4.78, 5) is 18.4. The Bertz CT molecular complexity index is 641. The normalized spacial score (nSPS) is 10.4. The Balaban J connectivity index is 2.12. The van der Waals surface area contributed by atoms with Crippen molar-refractivity contribution in [3.05, 3.63) is 53.9 Å². The van der Waals surface area contributed by atoms with Gasteiger partial charge in [-0.05, 0) is 43.7 Å². The zero-order valence-corrected chi connectivity index (χ0v) is 13.9. The average molecular weight is 313 g/mol. The molecule has 0 saturated heterocycles. The highest BCUT2D eigenvalue weighted by molar-refractivity contribution is 5.92. The molecule has 0 aliphatic heterocycles. The monoisotopic (exact) mass is 313 g/mol. The molecule has 0 aliphatic carbocycles. The first-order valence-electron chi connectivity index (χ1n) is 7.73. The lowest BCUT2D eigenvalue weighted by Gasteiger charge is -2.23. The molecule has 1 aromatic carbocycles. The second-order valence-electron chi connectivity index (χ2n) is 5.23. The van der Waals surface area contributed by atoms with Crippen molar-refractivity contribution in [2.45, 2.75) is 13.8 Å². The fourth-order valence-corrected chi connectivity index (χ4v) is 2.35. The molecule has 0 unspecified atom stereocenters. The number of nitrogens with zero attached hydrogens (tertiary/aromatic N) is 2. The van der Waals surface area contributed by atoms with Gasteiger partial charge < -0.3 is 15.0 Å². The second kappa shape index (κ2) is 8.29. The summed E-state index contributed by atoms with van der Waals surface area (Å²) in [5, 5.41) is 2.76. The van der Waals surface area contributed by atoms with Gasteiger partial charge >= 0.3 is 0 Å². The highest BCUT2D eigenvalue weighted by Crippen LogP contribution is 2.25. The minimum Gasteiger partial charge on any atom is -0.383 e. The van der Waals surface area contributed by atoms with E-state index in [1.165, 1.54) is 5.56 Å². The van der Waals surface area contributed by atoms with Crippen molar-refractivity contribution < 1.29 is 9.53 Å². The van der Waals surface area contributed by atoms with Crippen LogP contribution in [0.5, 0.6) is 0 Å². The summed E-state index contributed by atoms with van der Waals surface area (Å²) in [6, 6.07) is 12.0. The van der Waals surface area contributed by atoms with Crippen LogP contribution in [-0.4, -0.2) is 37.7 Å². The van der Waals surface area contributed by atoms with Crippen molar-refractivity contribution in [3.8, 4) is 0 Å². The smallest absolute Gasteiger partial charge is 0.269 e. The molecule has 0 aliphatic rings. The largest absolute Gasteiger partial charge is 0.383 e. The molecule has 0 atom stereocenters. The Hall–Kier alpha value is -2.40. The number of amides is 1. The van der Waals surface area contributed by atoms with Crippen LogP contribution in [0, 0.1) is 6.92 Å². The Morgan fingerprint density at radius 2 is 2.09 bits per heavy atom. The van der Waals surface area contributed by atoms with E-state index >= 15 is 0 Å². The van der Waals surface area contributed by atoms with E-state index in [1.54, 1.807) is 19.4 Å². The maximum Gasteiger partial charge on any atom is 0.269 e. The lowest BCUT2D eigenvalue weighted by atomic mass is 10.2. The van der Waals surface area contributed by atoms with Crippen molar-refractivity contribution in [2.24, 2.45) is 0 Å². The quantitative estimate of drug-likeness (QED) is 0.799. The topological polar surface area (TPSA) is 54.5 Å². The predicted octanol–water partition coefficient (Wildman–Crippen LogP) is 2.92. The standard InChI is InChI=1S/C18H23N3O2/c1-4-21(15-7-5-6-14(2)12-15)16-8-9-17(20-13-16)18(22)19-10-11-23-3/h5-9,12-13H,4,10-11H2,1-3H3,(H,19,22). The molecule has 122 valence electrons. The van der Waals surface area contributed by atoms with E-state index in [-0.39, 0.29) is 5.91 Å². The van der Waals surface area contributed by atoms with Gasteiger partial charge in [-0.3, -0.25) is 4.79 Å². The van der Waals surface area contributed by atoms with Gasteiger partial charge in [0.05, 0.1) is 18.5 Å². The lowest BCUT2D eigenvalue weighted by molar-refractivity contribution is 0.0932. The fraction of sp³-hybridized carbons (Fsp3) is 0.333. The summed E-state index contributed by atoms with van der Waals surface area (Å²) in [6.07, 6.45) is 1.73. The number of aryl methyl sites for hydroxylation is 1. The van der Waals surface area contributed by atoms with Crippen LogP contribution in [0.15, 0.2) is 42.6 Å². The molecule has 1 heterocycles. The first kappa shape index (κ1) is 17.0. The van der Waals surface area contributed by atoms with Crippen LogP contribution in [0.3, 0.4) is 0 Å². The van der Waals surface area contributed by atoms with E-state index in [4.69, 9.17) is 4.74 Å². The van der Waals surface area contributed by atoms with E-state index in [0.29, 0.717) is 18.8 Å². The molecule has 0 bridgehead atoms. The first-order valence-corrected chi connectivity index (χ1v) is 7.73. The molecule has 0 spiro atoms. The number of hydrogen-bond donors (Lipinski definition) is 1. The Labute approximate surface area is 137 Å². The Morgan fingerprint density at radius 1 is 1.26 bits per heavy atom. The van der Waals surface area contributed by atoms with E-state index in [9.17, 15) is 4.79 Å². The molecule has 1 aromatic heterocycles. The maximum atomic E-state index is 11.9. The van der Waals surface area contributed by atoms with Gasteiger partial charge in [0.25, 0.3) is 5.91 Å². The average Bonchev–Trinajstić information content (AvgIpc) is 2.56. The third kappa shape index (κ3) is 4.53.